The molecule has 2 aromatic carbocycles. The summed E-state index contributed by atoms with van der Waals surface area (Å²) in [6.45, 7) is 0. The molecule has 0 bridgehead atoms. The Morgan fingerprint density at radius 2 is 1.86 bits per heavy atom. The molecule has 2 unspecified atom stereocenters. The molecule has 2 aromatic rings. The Morgan fingerprint density at radius 1 is 1.05 bits per heavy atom. The zero-order valence-electron chi connectivity index (χ0n) is 11.6. The van der Waals surface area contributed by atoms with E-state index in [1.807, 2.05) is 18.2 Å². The van der Waals surface area contributed by atoms with Crippen LogP contribution in [0.2, 0.25) is 0 Å². The SMILES string of the molecule is OC1CC(c2cccc(C3CC3)c2)Oc2ccc(Br)cc21. The summed E-state index contributed by atoms with van der Waals surface area (Å²) in [5.74, 6) is 1.53. The van der Waals surface area contributed by atoms with Gasteiger partial charge in [-0.2, -0.15) is 0 Å². The number of hydrogen-bond donors (Lipinski definition) is 1. The Balaban J connectivity index is 1.65. The number of hydrogen-bond acceptors (Lipinski definition) is 2. The van der Waals surface area contributed by atoms with E-state index in [1.54, 1.807) is 0 Å². The van der Waals surface area contributed by atoms with Crippen molar-refractivity contribution in [3.8, 4) is 5.75 Å². The minimum Gasteiger partial charge on any atom is -0.485 e. The highest BCUT2D eigenvalue weighted by atomic mass is 79.9. The molecular weight excluding hydrogens is 328 g/mol. The van der Waals surface area contributed by atoms with E-state index in [9.17, 15) is 5.11 Å². The standard InChI is InChI=1S/C18H17BrO2/c19-14-6-7-17-15(9-14)16(20)10-18(21-17)13-3-1-2-12(8-13)11-4-5-11/h1-3,6-9,11,16,18,20H,4-5,10H2. The third-order valence-corrected chi connectivity index (χ3v) is 4.86. The fourth-order valence-corrected chi connectivity index (χ4v) is 3.43. The first-order valence-electron chi connectivity index (χ1n) is 7.45. The average molecular weight is 345 g/mol. The van der Waals surface area contributed by atoms with E-state index in [4.69, 9.17) is 4.74 Å². The Morgan fingerprint density at radius 3 is 2.67 bits per heavy atom. The highest BCUT2D eigenvalue weighted by Gasteiger charge is 2.29. The second-order valence-electron chi connectivity index (χ2n) is 5.98. The molecule has 1 aliphatic heterocycles. The molecule has 21 heavy (non-hydrogen) atoms. The van der Waals surface area contributed by atoms with Crippen molar-refractivity contribution in [1.82, 2.24) is 0 Å². The minimum absolute atomic E-state index is 0.0626. The van der Waals surface area contributed by atoms with Gasteiger partial charge >= 0.3 is 0 Å². The molecule has 1 heterocycles. The van der Waals surface area contributed by atoms with E-state index >= 15 is 0 Å². The smallest absolute Gasteiger partial charge is 0.127 e. The van der Waals surface area contributed by atoms with E-state index < -0.39 is 6.10 Å². The molecule has 2 aliphatic rings. The number of benzene rings is 2. The number of halogens is 1. The normalized spacial score (nSPS) is 24.3. The van der Waals surface area contributed by atoms with Crippen molar-refractivity contribution >= 4 is 15.9 Å². The topological polar surface area (TPSA) is 29.5 Å². The number of aliphatic hydroxyl groups is 1. The molecule has 0 amide bonds. The first-order valence-corrected chi connectivity index (χ1v) is 8.24. The maximum absolute atomic E-state index is 10.4. The van der Waals surface area contributed by atoms with Crippen LogP contribution in [0.1, 0.15) is 54.1 Å². The second-order valence-corrected chi connectivity index (χ2v) is 6.90. The quantitative estimate of drug-likeness (QED) is 0.840. The van der Waals surface area contributed by atoms with Gasteiger partial charge in [-0.25, -0.2) is 0 Å². The molecule has 4 rings (SSSR count). The zero-order valence-corrected chi connectivity index (χ0v) is 13.2. The van der Waals surface area contributed by atoms with Crippen molar-refractivity contribution in [2.45, 2.75) is 37.4 Å². The van der Waals surface area contributed by atoms with Gasteiger partial charge in [-0.15, -0.1) is 0 Å². The molecule has 0 aromatic heterocycles. The summed E-state index contributed by atoms with van der Waals surface area (Å²) in [7, 11) is 0. The van der Waals surface area contributed by atoms with Crippen LogP contribution in [0.15, 0.2) is 46.9 Å². The summed E-state index contributed by atoms with van der Waals surface area (Å²) in [5.41, 5.74) is 3.46. The molecule has 1 N–H and O–H groups in total. The Hall–Kier alpha value is -1.32. The van der Waals surface area contributed by atoms with Crippen molar-refractivity contribution in [1.29, 1.82) is 0 Å². The molecular formula is C18H17BrO2. The predicted octanol–water partition coefficient (Wildman–Crippen LogP) is 4.88. The third-order valence-electron chi connectivity index (χ3n) is 4.37. The molecule has 1 aliphatic carbocycles. The third kappa shape index (κ3) is 2.60. The maximum atomic E-state index is 10.4. The summed E-state index contributed by atoms with van der Waals surface area (Å²) in [4.78, 5) is 0. The monoisotopic (exact) mass is 344 g/mol. The molecule has 2 nitrogen and oxygen atoms in total. The van der Waals surface area contributed by atoms with Crippen molar-refractivity contribution in [2.75, 3.05) is 0 Å². The summed E-state index contributed by atoms with van der Waals surface area (Å²) in [6.07, 6.45) is 2.67. The van der Waals surface area contributed by atoms with Crippen LogP contribution in [-0.4, -0.2) is 5.11 Å². The second kappa shape index (κ2) is 5.15. The lowest BCUT2D eigenvalue weighted by atomic mass is 9.94. The fraction of sp³-hybridized carbons (Fsp3) is 0.333. The van der Waals surface area contributed by atoms with Crippen LogP contribution in [0.4, 0.5) is 0 Å². The highest BCUT2D eigenvalue weighted by Crippen LogP contribution is 2.44. The largest absolute Gasteiger partial charge is 0.485 e. The highest BCUT2D eigenvalue weighted by molar-refractivity contribution is 9.10. The molecule has 1 fully saturated rings. The lowest BCUT2D eigenvalue weighted by Crippen LogP contribution is -2.19. The lowest BCUT2D eigenvalue weighted by molar-refractivity contribution is 0.0656. The van der Waals surface area contributed by atoms with Crippen molar-refractivity contribution < 1.29 is 9.84 Å². The van der Waals surface area contributed by atoms with Gasteiger partial charge in [-0.1, -0.05) is 40.2 Å². The van der Waals surface area contributed by atoms with Crippen LogP contribution in [0.25, 0.3) is 0 Å². The predicted molar refractivity (Wildman–Crippen MR) is 85.5 cm³/mol. The molecule has 1 saturated carbocycles. The van der Waals surface area contributed by atoms with Crippen molar-refractivity contribution in [2.24, 2.45) is 0 Å². The number of ether oxygens (including phenoxy) is 1. The van der Waals surface area contributed by atoms with Gasteiger partial charge in [0.25, 0.3) is 0 Å². The van der Waals surface area contributed by atoms with Gasteiger partial charge in [-0.3, -0.25) is 0 Å². The summed E-state index contributed by atoms with van der Waals surface area (Å²) in [5, 5.41) is 10.4. The first-order chi connectivity index (χ1) is 10.2. The van der Waals surface area contributed by atoms with Crippen LogP contribution in [0.3, 0.4) is 0 Å². The van der Waals surface area contributed by atoms with E-state index in [1.165, 1.54) is 24.0 Å². The lowest BCUT2D eigenvalue weighted by Gasteiger charge is -2.30. The van der Waals surface area contributed by atoms with Crippen LogP contribution < -0.4 is 4.74 Å². The van der Waals surface area contributed by atoms with Gasteiger partial charge in [0.05, 0.1) is 6.10 Å². The summed E-state index contributed by atoms with van der Waals surface area (Å²) >= 11 is 3.44. The number of fused-ring (bicyclic) bond motifs is 1. The fourth-order valence-electron chi connectivity index (χ4n) is 3.05. The molecule has 3 heteroatoms. The molecule has 108 valence electrons. The van der Waals surface area contributed by atoms with Crippen molar-refractivity contribution in [3.63, 3.8) is 0 Å². The Bertz CT molecular complexity index is 679. The van der Waals surface area contributed by atoms with Crippen LogP contribution in [0.5, 0.6) is 5.75 Å². The molecule has 2 atom stereocenters. The zero-order chi connectivity index (χ0) is 14.4. The first kappa shape index (κ1) is 13.4. The van der Waals surface area contributed by atoms with Crippen LogP contribution in [0, 0.1) is 0 Å². The summed E-state index contributed by atoms with van der Waals surface area (Å²) in [6, 6.07) is 14.5. The maximum Gasteiger partial charge on any atom is 0.127 e. The average Bonchev–Trinajstić information content (AvgIpc) is 3.33. The number of rotatable bonds is 2. The minimum atomic E-state index is -0.471. The Labute approximate surface area is 132 Å². The van der Waals surface area contributed by atoms with Gasteiger partial charge in [0.2, 0.25) is 0 Å². The van der Waals surface area contributed by atoms with E-state index in [0.717, 1.165) is 21.7 Å². The van der Waals surface area contributed by atoms with E-state index in [-0.39, 0.29) is 6.10 Å². The van der Waals surface area contributed by atoms with Gasteiger partial charge in [0.15, 0.2) is 0 Å². The molecule has 0 radical (unpaired) electrons. The summed E-state index contributed by atoms with van der Waals surface area (Å²) < 4.78 is 7.09. The molecule has 0 spiro atoms. The van der Waals surface area contributed by atoms with E-state index in [0.29, 0.717) is 6.42 Å². The van der Waals surface area contributed by atoms with E-state index in [2.05, 4.69) is 40.2 Å². The van der Waals surface area contributed by atoms with Crippen molar-refractivity contribution in [3.05, 3.63) is 63.6 Å². The van der Waals surface area contributed by atoms with Gasteiger partial charge in [0.1, 0.15) is 11.9 Å². The van der Waals surface area contributed by atoms with Crippen LogP contribution >= 0.6 is 15.9 Å². The van der Waals surface area contributed by atoms with Gasteiger partial charge in [-0.05, 0) is 48.1 Å². The Kier molecular flexibility index (Phi) is 3.27. The number of aliphatic hydroxyl groups excluding tert-OH is 1. The van der Waals surface area contributed by atoms with Gasteiger partial charge in [0, 0.05) is 16.5 Å². The van der Waals surface area contributed by atoms with Gasteiger partial charge < -0.3 is 9.84 Å². The molecule has 0 saturated heterocycles. The van der Waals surface area contributed by atoms with Crippen LogP contribution in [-0.2, 0) is 0 Å².